The van der Waals surface area contributed by atoms with Crippen LogP contribution in [0.4, 0.5) is 4.39 Å². The molecule has 1 aliphatic rings. The Morgan fingerprint density at radius 2 is 2.14 bits per heavy atom. The highest BCUT2D eigenvalue weighted by molar-refractivity contribution is 7.99. The van der Waals surface area contributed by atoms with Crippen molar-refractivity contribution in [3.05, 3.63) is 35.4 Å². The first-order chi connectivity index (χ1) is 10.2. The maximum atomic E-state index is 14.0. The van der Waals surface area contributed by atoms with Gasteiger partial charge in [0.1, 0.15) is 11.6 Å². The normalized spacial score (nSPS) is 14.5. The highest BCUT2D eigenvalue weighted by Gasteiger charge is 2.20. The molecule has 0 unspecified atom stereocenters. The number of carboxylic acids is 1. The highest BCUT2D eigenvalue weighted by Crippen LogP contribution is 2.33. The van der Waals surface area contributed by atoms with E-state index in [1.165, 1.54) is 18.2 Å². The average Bonchev–Trinajstić information content (AvgIpc) is 2.69. The fraction of sp³-hybridized carbons (Fsp3) is 0.357. The molecule has 5 nitrogen and oxygen atoms in total. The molecule has 3 rings (SSSR count). The van der Waals surface area contributed by atoms with Gasteiger partial charge in [-0.05, 0) is 36.7 Å². The predicted octanol–water partition coefficient (Wildman–Crippen LogP) is 2.99. The third-order valence-corrected chi connectivity index (χ3v) is 4.57. The number of hydrogen-bond acceptors (Lipinski definition) is 4. The van der Waals surface area contributed by atoms with Crippen molar-refractivity contribution in [3.8, 4) is 0 Å². The van der Waals surface area contributed by atoms with Gasteiger partial charge in [0, 0.05) is 13.0 Å². The third-order valence-electron chi connectivity index (χ3n) is 3.47. The van der Waals surface area contributed by atoms with Crippen molar-refractivity contribution in [3.63, 3.8) is 0 Å². The van der Waals surface area contributed by atoms with Crippen LogP contribution in [0, 0.1) is 5.82 Å². The Balaban J connectivity index is 1.98. The number of aryl methyl sites for hydroxylation is 1. The van der Waals surface area contributed by atoms with E-state index >= 15 is 0 Å². The van der Waals surface area contributed by atoms with Crippen LogP contribution in [0.2, 0.25) is 0 Å². The maximum Gasteiger partial charge on any atom is 0.336 e. The van der Waals surface area contributed by atoms with Gasteiger partial charge in [-0.2, -0.15) is 0 Å². The van der Waals surface area contributed by atoms with Crippen LogP contribution in [0.1, 0.15) is 35.4 Å². The lowest BCUT2D eigenvalue weighted by atomic mass is 10.2. The lowest BCUT2D eigenvalue weighted by Crippen LogP contribution is -2.04. The van der Waals surface area contributed by atoms with Gasteiger partial charge in [-0.1, -0.05) is 12.5 Å². The molecular weight excluding hydrogens is 293 g/mol. The molecule has 1 N–H and O–H groups in total. The van der Waals surface area contributed by atoms with Gasteiger partial charge in [0.05, 0.1) is 10.5 Å². The first kappa shape index (κ1) is 14.1. The second-order valence-electron chi connectivity index (χ2n) is 4.88. The van der Waals surface area contributed by atoms with Crippen LogP contribution >= 0.6 is 11.8 Å². The largest absolute Gasteiger partial charge is 0.478 e. The smallest absolute Gasteiger partial charge is 0.336 e. The van der Waals surface area contributed by atoms with Crippen LogP contribution < -0.4 is 0 Å². The molecule has 2 heterocycles. The minimum absolute atomic E-state index is 0.0500. The molecule has 21 heavy (non-hydrogen) atoms. The summed E-state index contributed by atoms with van der Waals surface area (Å²) < 4.78 is 15.9. The molecule has 0 spiro atoms. The summed E-state index contributed by atoms with van der Waals surface area (Å²) in [5, 5.41) is 18.0. The second kappa shape index (κ2) is 5.85. The van der Waals surface area contributed by atoms with Crippen molar-refractivity contribution in [2.45, 2.75) is 42.3 Å². The quantitative estimate of drug-likeness (QED) is 0.944. The van der Waals surface area contributed by atoms with Crippen molar-refractivity contribution in [2.24, 2.45) is 0 Å². The van der Waals surface area contributed by atoms with Crippen molar-refractivity contribution in [1.82, 2.24) is 14.8 Å². The van der Waals surface area contributed by atoms with Crippen LogP contribution in [-0.2, 0) is 13.0 Å². The lowest BCUT2D eigenvalue weighted by Gasteiger charge is -2.09. The zero-order valence-electron chi connectivity index (χ0n) is 11.3. The Labute approximate surface area is 125 Å². The molecular formula is C14H14FN3O2S. The standard InChI is InChI=1S/C14H14FN3O2S/c15-10-6-4-5-9(13(19)20)12(10)21-14-17-16-11-7-2-1-3-8-18(11)14/h4-6H,1-3,7-8H2,(H,19,20). The molecule has 0 amide bonds. The number of rotatable bonds is 3. The third kappa shape index (κ3) is 2.78. The molecule has 1 aliphatic heterocycles. The molecule has 110 valence electrons. The SMILES string of the molecule is O=C(O)c1cccc(F)c1Sc1nnc2n1CCCCC2. The topological polar surface area (TPSA) is 68.0 Å². The molecule has 1 aromatic heterocycles. The summed E-state index contributed by atoms with van der Waals surface area (Å²) in [5.41, 5.74) is -0.0500. The Morgan fingerprint density at radius 1 is 1.29 bits per heavy atom. The fourth-order valence-electron chi connectivity index (χ4n) is 2.41. The Kier molecular flexibility index (Phi) is 3.92. The van der Waals surface area contributed by atoms with E-state index in [0.717, 1.165) is 49.8 Å². The van der Waals surface area contributed by atoms with Gasteiger partial charge in [0.15, 0.2) is 5.16 Å². The first-order valence-corrected chi connectivity index (χ1v) is 7.60. The van der Waals surface area contributed by atoms with Crippen LogP contribution in [-0.4, -0.2) is 25.8 Å². The van der Waals surface area contributed by atoms with Crippen molar-refractivity contribution >= 4 is 17.7 Å². The van der Waals surface area contributed by atoms with Crippen molar-refractivity contribution in [2.75, 3.05) is 0 Å². The number of fused-ring (bicyclic) bond motifs is 1. The minimum Gasteiger partial charge on any atom is -0.478 e. The summed E-state index contributed by atoms with van der Waals surface area (Å²) in [6.45, 7) is 0.793. The Bertz CT molecular complexity index is 687. The van der Waals surface area contributed by atoms with Crippen LogP contribution in [0.25, 0.3) is 0 Å². The number of carbonyl (C=O) groups is 1. The van der Waals surface area contributed by atoms with E-state index in [-0.39, 0.29) is 10.5 Å². The summed E-state index contributed by atoms with van der Waals surface area (Å²) in [6.07, 6.45) is 4.09. The van der Waals surface area contributed by atoms with Crippen molar-refractivity contribution in [1.29, 1.82) is 0 Å². The van der Waals surface area contributed by atoms with Gasteiger partial charge in [-0.3, -0.25) is 0 Å². The number of nitrogens with zero attached hydrogens (tertiary/aromatic N) is 3. The van der Waals surface area contributed by atoms with E-state index in [2.05, 4.69) is 10.2 Å². The number of aromatic nitrogens is 3. The van der Waals surface area contributed by atoms with E-state index in [1.807, 2.05) is 4.57 Å². The summed E-state index contributed by atoms with van der Waals surface area (Å²) in [7, 11) is 0. The van der Waals surface area contributed by atoms with E-state index in [9.17, 15) is 14.3 Å². The average molecular weight is 307 g/mol. The molecule has 0 fully saturated rings. The molecule has 0 bridgehead atoms. The van der Waals surface area contributed by atoms with Gasteiger partial charge < -0.3 is 9.67 Å². The number of halogens is 1. The molecule has 0 saturated heterocycles. The molecule has 0 saturated carbocycles. The zero-order valence-corrected chi connectivity index (χ0v) is 12.1. The fourth-order valence-corrected chi connectivity index (χ4v) is 3.41. The van der Waals surface area contributed by atoms with Crippen molar-refractivity contribution < 1.29 is 14.3 Å². The summed E-state index contributed by atoms with van der Waals surface area (Å²) >= 11 is 1.03. The van der Waals surface area contributed by atoms with Crippen LogP contribution in [0.15, 0.2) is 28.3 Å². The van der Waals surface area contributed by atoms with E-state index in [1.54, 1.807) is 0 Å². The van der Waals surface area contributed by atoms with E-state index in [0.29, 0.717) is 5.16 Å². The second-order valence-corrected chi connectivity index (χ2v) is 5.86. The first-order valence-electron chi connectivity index (χ1n) is 6.78. The minimum atomic E-state index is -1.15. The van der Waals surface area contributed by atoms with Gasteiger partial charge in [-0.25, -0.2) is 9.18 Å². The molecule has 2 aromatic rings. The van der Waals surface area contributed by atoms with Gasteiger partial charge in [0.25, 0.3) is 0 Å². The summed E-state index contributed by atoms with van der Waals surface area (Å²) in [5.74, 6) is -0.804. The summed E-state index contributed by atoms with van der Waals surface area (Å²) in [4.78, 5) is 11.3. The summed E-state index contributed by atoms with van der Waals surface area (Å²) in [6, 6.07) is 4.05. The Morgan fingerprint density at radius 3 is 2.95 bits per heavy atom. The number of carboxylic acid groups (broad SMARTS) is 1. The van der Waals surface area contributed by atoms with Gasteiger partial charge in [-0.15, -0.1) is 10.2 Å². The maximum absolute atomic E-state index is 14.0. The predicted molar refractivity (Wildman–Crippen MR) is 75.1 cm³/mol. The zero-order chi connectivity index (χ0) is 14.8. The monoisotopic (exact) mass is 307 g/mol. The van der Waals surface area contributed by atoms with Crippen LogP contribution in [0.5, 0.6) is 0 Å². The van der Waals surface area contributed by atoms with Gasteiger partial charge in [0.2, 0.25) is 0 Å². The molecule has 0 aliphatic carbocycles. The number of benzene rings is 1. The lowest BCUT2D eigenvalue weighted by molar-refractivity contribution is 0.0692. The Hall–Kier alpha value is -1.89. The molecule has 0 radical (unpaired) electrons. The van der Waals surface area contributed by atoms with Gasteiger partial charge >= 0.3 is 5.97 Å². The molecule has 0 atom stereocenters. The molecule has 1 aromatic carbocycles. The number of hydrogen-bond donors (Lipinski definition) is 1. The van der Waals surface area contributed by atoms with Crippen LogP contribution in [0.3, 0.4) is 0 Å². The van der Waals surface area contributed by atoms with E-state index in [4.69, 9.17) is 0 Å². The van der Waals surface area contributed by atoms with E-state index < -0.39 is 11.8 Å². The highest BCUT2D eigenvalue weighted by atomic mass is 32.2. The number of aromatic carboxylic acids is 1. The molecule has 7 heteroatoms.